The number of nitrogens with one attached hydrogen (secondary N) is 3. The number of aromatic nitrogens is 3. The van der Waals surface area contributed by atoms with Gasteiger partial charge in [-0.25, -0.2) is 9.18 Å². The lowest BCUT2D eigenvalue weighted by Crippen LogP contribution is -2.40. The lowest BCUT2D eigenvalue weighted by Gasteiger charge is -2.32. The largest absolute Gasteiger partial charge is 0.349 e. The molecular weight excluding hydrogens is 485 g/mol. The Hall–Kier alpha value is -4.66. The summed E-state index contributed by atoms with van der Waals surface area (Å²) in [6, 6.07) is 18.6. The van der Waals surface area contributed by atoms with Gasteiger partial charge in [0, 0.05) is 35.6 Å². The van der Waals surface area contributed by atoms with Crippen LogP contribution in [0.1, 0.15) is 45.3 Å². The number of anilines is 1. The van der Waals surface area contributed by atoms with Crippen LogP contribution in [0.4, 0.5) is 10.1 Å². The number of imidazole rings is 1. The predicted molar refractivity (Wildman–Crippen MR) is 144 cm³/mol. The van der Waals surface area contributed by atoms with Gasteiger partial charge < -0.3 is 20.2 Å². The molecule has 0 saturated carbocycles. The van der Waals surface area contributed by atoms with E-state index < -0.39 is 11.7 Å². The zero-order valence-electron chi connectivity index (χ0n) is 20.8. The quantitative estimate of drug-likeness (QED) is 0.317. The maximum Gasteiger partial charge on any atom is 0.326 e. The van der Waals surface area contributed by atoms with E-state index in [1.54, 1.807) is 9.47 Å². The fourth-order valence-electron chi connectivity index (χ4n) is 5.30. The van der Waals surface area contributed by atoms with Crippen molar-refractivity contribution in [2.45, 2.75) is 25.8 Å². The van der Waals surface area contributed by atoms with Crippen LogP contribution in [0.5, 0.6) is 0 Å². The van der Waals surface area contributed by atoms with Crippen LogP contribution in [-0.4, -0.2) is 44.3 Å². The molecule has 3 heterocycles. The summed E-state index contributed by atoms with van der Waals surface area (Å²) >= 11 is 0. The third kappa shape index (κ3) is 4.15. The number of nitrogens with zero attached hydrogens (tertiary/aromatic N) is 2. The summed E-state index contributed by atoms with van der Waals surface area (Å²) in [5, 5.41) is 3.61. The van der Waals surface area contributed by atoms with Gasteiger partial charge in [-0.1, -0.05) is 23.8 Å². The average molecular weight is 512 g/mol. The first-order chi connectivity index (χ1) is 18.4. The number of carbonyl (C=O) groups excluding carboxylic acids is 2. The molecule has 1 fully saturated rings. The normalized spacial score (nSPS) is 14.3. The minimum absolute atomic E-state index is 0.0225. The van der Waals surface area contributed by atoms with Crippen LogP contribution >= 0.6 is 0 Å². The highest BCUT2D eigenvalue weighted by atomic mass is 19.1. The van der Waals surface area contributed by atoms with E-state index in [-0.39, 0.29) is 23.2 Å². The number of likely N-dealkylation sites (tertiary alicyclic amines) is 1. The van der Waals surface area contributed by atoms with E-state index in [2.05, 4.69) is 15.3 Å². The van der Waals surface area contributed by atoms with Gasteiger partial charge in [-0.2, -0.15) is 0 Å². The van der Waals surface area contributed by atoms with E-state index in [4.69, 9.17) is 0 Å². The van der Waals surface area contributed by atoms with Gasteiger partial charge in [-0.05, 0) is 68.3 Å². The summed E-state index contributed by atoms with van der Waals surface area (Å²) in [4.78, 5) is 47.2. The SMILES string of the molecule is Cc1ccc2[nH]c(C(=O)N3CCC(n4c(=O)[nH]c5ccccc54)CC3)c(NC(=O)c3ccc(F)cc3)c2c1. The first kappa shape index (κ1) is 23.7. The number of aryl methyl sites for hydroxylation is 1. The van der Waals surface area contributed by atoms with Gasteiger partial charge in [0.1, 0.15) is 11.5 Å². The number of aromatic amines is 2. The Kier molecular flexibility index (Phi) is 5.83. The highest BCUT2D eigenvalue weighted by Gasteiger charge is 2.30. The molecular formula is C29H26FN5O3. The number of hydrogen-bond acceptors (Lipinski definition) is 3. The lowest BCUT2D eigenvalue weighted by molar-refractivity contribution is 0.0691. The van der Waals surface area contributed by atoms with Gasteiger partial charge in [-0.15, -0.1) is 0 Å². The Bertz CT molecular complexity index is 1740. The van der Waals surface area contributed by atoms with Crippen molar-refractivity contribution >= 4 is 39.4 Å². The zero-order chi connectivity index (χ0) is 26.4. The molecule has 38 heavy (non-hydrogen) atoms. The summed E-state index contributed by atoms with van der Waals surface area (Å²) in [6.07, 6.45) is 1.26. The number of carbonyl (C=O) groups is 2. The second-order valence-corrected chi connectivity index (χ2v) is 9.73. The molecule has 9 heteroatoms. The second-order valence-electron chi connectivity index (χ2n) is 9.73. The number of fused-ring (bicyclic) bond motifs is 2. The molecule has 0 spiro atoms. The molecule has 2 aromatic heterocycles. The fourth-order valence-corrected chi connectivity index (χ4v) is 5.30. The summed E-state index contributed by atoms with van der Waals surface area (Å²) in [5.74, 6) is -1.09. The van der Waals surface area contributed by atoms with Crippen LogP contribution in [0.3, 0.4) is 0 Å². The molecule has 3 N–H and O–H groups in total. The number of H-pyrrole nitrogens is 2. The number of piperidine rings is 1. The van der Waals surface area contributed by atoms with E-state index >= 15 is 0 Å². The molecule has 5 aromatic rings. The van der Waals surface area contributed by atoms with Crippen molar-refractivity contribution in [2.24, 2.45) is 0 Å². The molecule has 192 valence electrons. The van der Waals surface area contributed by atoms with Crippen molar-refractivity contribution in [3.8, 4) is 0 Å². The van der Waals surface area contributed by atoms with Gasteiger partial charge in [0.05, 0.1) is 16.7 Å². The Labute approximate surface area is 217 Å². The number of benzene rings is 3. The van der Waals surface area contributed by atoms with Crippen LogP contribution in [0.25, 0.3) is 21.9 Å². The van der Waals surface area contributed by atoms with Crippen LogP contribution in [-0.2, 0) is 0 Å². The van der Waals surface area contributed by atoms with E-state index in [9.17, 15) is 18.8 Å². The Morgan fingerprint density at radius 2 is 1.68 bits per heavy atom. The molecule has 1 aliphatic heterocycles. The van der Waals surface area contributed by atoms with E-state index in [0.29, 0.717) is 37.3 Å². The Morgan fingerprint density at radius 1 is 0.947 bits per heavy atom. The predicted octanol–water partition coefficient (Wildman–Crippen LogP) is 4.99. The molecule has 0 radical (unpaired) electrons. The minimum atomic E-state index is -0.432. The third-order valence-electron chi connectivity index (χ3n) is 7.25. The maximum absolute atomic E-state index is 13.7. The van der Waals surface area contributed by atoms with Crippen LogP contribution in [0.2, 0.25) is 0 Å². The first-order valence-corrected chi connectivity index (χ1v) is 12.6. The maximum atomic E-state index is 13.7. The molecule has 3 aromatic carbocycles. The Balaban J connectivity index is 1.27. The monoisotopic (exact) mass is 511 g/mol. The van der Waals surface area contributed by atoms with Crippen molar-refractivity contribution < 1.29 is 14.0 Å². The van der Waals surface area contributed by atoms with Crippen molar-refractivity contribution in [3.63, 3.8) is 0 Å². The molecule has 6 rings (SSSR count). The fraction of sp³-hybridized carbons (Fsp3) is 0.207. The van der Waals surface area contributed by atoms with Crippen LogP contribution in [0.15, 0.2) is 71.5 Å². The molecule has 1 aliphatic rings. The number of para-hydroxylation sites is 2. The highest BCUT2D eigenvalue weighted by molar-refractivity contribution is 6.15. The molecule has 1 saturated heterocycles. The highest BCUT2D eigenvalue weighted by Crippen LogP contribution is 2.32. The van der Waals surface area contributed by atoms with Gasteiger partial charge in [0.25, 0.3) is 11.8 Å². The summed E-state index contributed by atoms with van der Waals surface area (Å²) in [7, 11) is 0. The molecule has 0 atom stereocenters. The number of halogens is 1. The standard InChI is InChI=1S/C29H26FN5O3/c1-17-6-11-22-21(16-17)25(33-27(36)18-7-9-19(30)10-8-18)26(31-22)28(37)34-14-12-20(13-15-34)35-24-5-3-2-4-23(24)32-29(35)38/h2-11,16,20,31H,12-15H2,1H3,(H,32,38)(H,33,36). The number of hydrogen-bond donors (Lipinski definition) is 3. The molecule has 0 bridgehead atoms. The molecule has 0 unspecified atom stereocenters. The van der Waals surface area contributed by atoms with Gasteiger partial charge in [-0.3, -0.25) is 14.2 Å². The van der Waals surface area contributed by atoms with Crippen LogP contribution < -0.4 is 11.0 Å². The minimum Gasteiger partial charge on any atom is -0.349 e. The Morgan fingerprint density at radius 3 is 2.45 bits per heavy atom. The van der Waals surface area contributed by atoms with Gasteiger partial charge in [0.15, 0.2) is 0 Å². The molecule has 0 aliphatic carbocycles. The van der Waals surface area contributed by atoms with Crippen molar-refractivity contribution in [2.75, 3.05) is 18.4 Å². The van der Waals surface area contributed by atoms with Gasteiger partial charge in [0.2, 0.25) is 0 Å². The van der Waals surface area contributed by atoms with E-state index in [1.807, 2.05) is 49.4 Å². The van der Waals surface area contributed by atoms with Crippen LogP contribution in [0, 0.1) is 12.7 Å². The summed E-state index contributed by atoms with van der Waals surface area (Å²) in [5.41, 5.74) is 4.21. The summed E-state index contributed by atoms with van der Waals surface area (Å²) < 4.78 is 15.2. The third-order valence-corrected chi connectivity index (χ3v) is 7.25. The summed E-state index contributed by atoms with van der Waals surface area (Å²) in [6.45, 7) is 2.88. The average Bonchev–Trinajstić information content (AvgIpc) is 3.45. The van der Waals surface area contributed by atoms with Crippen molar-refractivity contribution in [3.05, 3.63) is 99.9 Å². The van der Waals surface area contributed by atoms with E-state index in [0.717, 1.165) is 27.5 Å². The van der Waals surface area contributed by atoms with Gasteiger partial charge >= 0.3 is 5.69 Å². The lowest BCUT2D eigenvalue weighted by atomic mass is 10.0. The van der Waals surface area contributed by atoms with E-state index in [1.165, 1.54) is 24.3 Å². The number of rotatable bonds is 4. The van der Waals surface area contributed by atoms with Crippen molar-refractivity contribution in [1.82, 2.24) is 19.4 Å². The topological polar surface area (TPSA) is 103 Å². The van der Waals surface area contributed by atoms with Crippen molar-refractivity contribution in [1.29, 1.82) is 0 Å². The molecule has 2 amide bonds. The smallest absolute Gasteiger partial charge is 0.326 e. The first-order valence-electron chi connectivity index (χ1n) is 12.6. The zero-order valence-corrected chi connectivity index (χ0v) is 20.8. The number of amides is 2. The molecule has 8 nitrogen and oxygen atoms in total. The second kappa shape index (κ2) is 9.33.